The fraction of sp³-hybridized carbons (Fsp3) is 0.400. The molecule has 1 unspecified atom stereocenters. The van der Waals surface area contributed by atoms with E-state index < -0.39 is 13.9 Å². The van der Waals surface area contributed by atoms with Crippen LogP contribution in [0.2, 0.25) is 18.1 Å². The number of ether oxygens (including phenoxy) is 1. The second-order valence-electron chi connectivity index (χ2n) is 10.8. The SMILES string of the molecule is CC(C)(C)[Si](C)(C)OCC1CN(C(c2ccccc2)(c2ccccc2)c2ccccc2)CCO1. The lowest BCUT2D eigenvalue weighted by Gasteiger charge is -2.49. The summed E-state index contributed by atoms with van der Waals surface area (Å²) in [4.78, 5) is 2.61. The largest absolute Gasteiger partial charge is 0.414 e. The number of hydrogen-bond donors (Lipinski definition) is 0. The maximum Gasteiger partial charge on any atom is 0.192 e. The lowest BCUT2D eigenvalue weighted by atomic mass is 9.75. The van der Waals surface area contributed by atoms with Crippen LogP contribution >= 0.6 is 0 Å². The molecule has 34 heavy (non-hydrogen) atoms. The van der Waals surface area contributed by atoms with Crippen LogP contribution in [0.5, 0.6) is 0 Å². The van der Waals surface area contributed by atoms with E-state index in [4.69, 9.17) is 9.16 Å². The zero-order valence-corrected chi connectivity index (χ0v) is 22.3. The average Bonchev–Trinajstić information content (AvgIpc) is 2.85. The fourth-order valence-corrected chi connectivity index (χ4v) is 5.76. The van der Waals surface area contributed by atoms with Crippen molar-refractivity contribution in [3.8, 4) is 0 Å². The first-order chi connectivity index (χ1) is 16.2. The van der Waals surface area contributed by atoms with Gasteiger partial charge in [0.1, 0.15) is 0 Å². The Labute approximate surface area is 206 Å². The molecule has 4 rings (SSSR count). The Kier molecular flexibility index (Phi) is 7.44. The van der Waals surface area contributed by atoms with Crippen molar-refractivity contribution in [1.82, 2.24) is 4.90 Å². The monoisotopic (exact) mass is 473 g/mol. The van der Waals surface area contributed by atoms with Gasteiger partial charge in [-0.05, 0) is 34.8 Å². The van der Waals surface area contributed by atoms with Gasteiger partial charge in [-0.3, -0.25) is 4.90 Å². The fourth-order valence-electron chi connectivity index (χ4n) is 4.73. The maximum atomic E-state index is 6.60. The van der Waals surface area contributed by atoms with Gasteiger partial charge in [-0.25, -0.2) is 0 Å². The summed E-state index contributed by atoms with van der Waals surface area (Å²) >= 11 is 0. The van der Waals surface area contributed by atoms with Crippen molar-refractivity contribution in [1.29, 1.82) is 0 Å². The topological polar surface area (TPSA) is 21.7 Å². The first kappa shape index (κ1) is 24.9. The lowest BCUT2D eigenvalue weighted by molar-refractivity contribution is -0.0713. The van der Waals surface area contributed by atoms with E-state index in [1.54, 1.807) is 0 Å². The Balaban J connectivity index is 1.75. The van der Waals surface area contributed by atoms with E-state index in [0.29, 0.717) is 13.2 Å². The van der Waals surface area contributed by atoms with Crippen LogP contribution in [0.15, 0.2) is 91.0 Å². The highest BCUT2D eigenvalue weighted by Crippen LogP contribution is 2.43. The Hall–Kier alpha value is -2.24. The van der Waals surface area contributed by atoms with Gasteiger partial charge >= 0.3 is 0 Å². The molecule has 1 heterocycles. The van der Waals surface area contributed by atoms with Gasteiger partial charge in [0.2, 0.25) is 0 Å². The van der Waals surface area contributed by atoms with E-state index in [1.807, 2.05) is 0 Å². The molecule has 3 aromatic rings. The number of morpholine rings is 1. The van der Waals surface area contributed by atoms with Crippen molar-refractivity contribution in [2.24, 2.45) is 0 Å². The first-order valence-electron chi connectivity index (χ1n) is 12.4. The van der Waals surface area contributed by atoms with Crippen molar-refractivity contribution in [2.45, 2.75) is 50.5 Å². The molecular formula is C30H39NO2Si. The van der Waals surface area contributed by atoms with E-state index >= 15 is 0 Å². The smallest absolute Gasteiger partial charge is 0.192 e. The quantitative estimate of drug-likeness (QED) is 0.281. The lowest BCUT2D eigenvalue weighted by Crippen LogP contribution is -2.56. The zero-order chi connectivity index (χ0) is 24.2. The summed E-state index contributed by atoms with van der Waals surface area (Å²) in [6.07, 6.45) is 0.0402. The molecule has 3 nitrogen and oxygen atoms in total. The number of rotatable bonds is 7. The van der Waals surface area contributed by atoms with Crippen molar-refractivity contribution >= 4 is 8.32 Å². The number of benzene rings is 3. The van der Waals surface area contributed by atoms with Crippen LogP contribution in [0.3, 0.4) is 0 Å². The molecule has 0 N–H and O–H groups in total. The molecule has 0 radical (unpaired) electrons. The summed E-state index contributed by atoms with van der Waals surface area (Å²) in [6.45, 7) is 14.5. The van der Waals surface area contributed by atoms with E-state index in [1.165, 1.54) is 16.7 Å². The molecule has 0 spiro atoms. The molecule has 1 aliphatic heterocycles. The molecule has 0 aromatic heterocycles. The van der Waals surface area contributed by atoms with Gasteiger partial charge in [-0.1, -0.05) is 112 Å². The highest BCUT2D eigenvalue weighted by molar-refractivity contribution is 6.74. The van der Waals surface area contributed by atoms with Gasteiger partial charge < -0.3 is 9.16 Å². The molecule has 3 aromatic carbocycles. The first-order valence-corrected chi connectivity index (χ1v) is 15.3. The van der Waals surface area contributed by atoms with Crippen LogP contribution < -0.4 is 0 Å². The Bertz CT molecular complexity index is 935. The van der Waals surface area contributed by atoms with E-state index in [0.717, 1.165) is 13.1 Å². The molecule has 0 bridgehead atoms. The maximum absolute atomic E-state index is 6.60. The van der Waals surface area contributed by atoms with E-state index in [9.17, 15) is 0 Å². The standard InChI is InChI=1S/C30H39NO2Si/c1-29(2,3)34(4,5)33-24-28-23-31(21-22-32-28)30(25-15-9-6-10-16-25,26-17-11-7-12-18-26)27-19-13-8-14-20-27/h6-20,28H,21-24H2,1-5H3. The zero-order valence-electron chi connectivity index (χ0n) is 21.3. The van der Waals surface area contributed by atoms with Gasteiger partial charge in [-0.2, -0.15) is 0 Å². The third-order valence-corrected chi connectivity index (χ3v) is 12.1. The van der Waals surface area contributed by atoms with Crippen LogP contribution in [0, 0.1) is 0 Å². The molecule has 4 heteroatoms. The van der Waals surface area contributed by atoms with Crippen molar-refractivity contribution in [3.05, 3.63) is 108 Å². The minimum absolute atomic E-state index is 0.0402. The highest BCUT2D eigenvalue weighted by Gasteiger charge is 2.45. The molecule has 1 fully saturated rings. The van der Waals surface area contributed by atoms with Crippen molar-refractivity contribution < 1.29 is 9.16 Å². The predicted octanol–water partition coefficient (Wildman–Crippen LogP) is 6.70. The summed E-state index contributed by atoms with van der Waals surface area (Å²) in [5.41, 5.74) is 3.43. The molecule has 0 amide bonds. The minimum Gasteiger partial charge on any atom is -0.414 e. The van der Waals surface area contributed by atoms with Crippen LogP contribution in [0.25, 0.3) is 0 Å². The second-order valence-corrected chi connectivity index (χ2v) is 15.6. The van der Waals surface area contributed by atoms with Crippen LogP contribution in [-0.4, -0.2) is 45.6 Å². The Morgan fingerprint density at radius 2 is 1.24 bits per heavy atom. The van der Waals surface area contributed by atoms with Gasteiger partial charge in [0.15, 0.2) is 8.32 Å². The molecule has 180 valence electrons. The van der Waals surface area contributed by atoms with Crippen LogP contribution in [-0.2, 0) is 14.7 Å². The Morgan fingerprint density at radius 1 is 0.794 bits per heavy atom. The van der Waals surface area contributed by atoms with Crippen LogP contribution in [0.4, 0.5) is 0 Å². The van der Waals surface area contributed by atoms with Crippen molar-refractivity contribution in [2.75, 3.05) is 26.3 Å². The summed E-state index contributed by atoms with van der Waals surface area (Å²) in [5, 5.41) is 0.184. The summed E-state index contributed by atoms with van der Waals surface area (Å²) in [6, 6.07) is 32.7. The van der Waals surface area contributed by atoms with Gasteiger partial charge in [0.05, 0.1) is 24.9 Å². The molecule has 1 saturated heterocycles. The molecule has 0 saturated carbocycles. The molecule has 1 aliphatic rings. The third kappa shape index (κ3) is 4.92. The van der Waals surface area contributed by atoms with E-state index in [-0.39, 0.29) is 11.1 Å². The number of nitrogens with zero attached hydrogens (tertiary/aromatic N) is 1. The normalized spacial score (nSPS) is 18.1. The summed E-state index contributed by atoms with van der Waals surface area (Å²) in [7, 11) is -1.85. The highest BCUT2D eigenvalue weighted by atomic mass is 28.4. The van der Waals surface area contributed by atoms with Crippen molar-refractivity contribution in [3.63, 3.8) is 0 Å². The van der Waals surface area contributed by atoms with Gasteiger partial charge in [-0.15, -0.1) is 0 Å². The third-order valence-electron chi connectivity index (χ3n) is 7.62. The predicted molar refractivity (Wildman–Crippen MR) is 144 cm³/mol. The molecule has 0 aliphatic carbocycles. The average molecular weight is 474 g/mol. The summed E-state index contributed by atoms with van der Waals surface area (Å²) < 4.78 is 12.9. The summed E-state index contributed by atoms with van der Waals surface area (Å²) in [5.74, 6) is 0. The molecule has 1 atom stereocenters. The van der Waals surface area contributed by atoms with Gasteiger partial charge in [0.25, 0.3) is 0 Å². The minimum atomic E-state index is -1.85. The van der Waals surface area contributed by atoms with Gasteiger partial charge in [0, 0.05) is 13.1 Å². The number of hydrogen-bond acceptors (Lipinski definition) is 3. The second kappa shape index (κ2) is 10.2. The Morgan fingerprint density at radius 3 is 1.65 bits per heavy atom. The van der Waals surface area contributed by atoms with E-state index in [2.05, 4.69) is 130 Å². The molecular weight excluding hydrogens is 434 g/mol. The van der Waals surface area contributed by atoms with Crippen LogP contribution in [0.1, 0.15) is 37.5 Å².